The minimum absolute atomic E-state index is 0.171. The van der Waals surface area contributed by atoms with E-state index in [1.165, 1.54) is 0 Å². The highest BCUT2D eigenvalue weighted by molar-refractivity contribution is 5.09. The van der Waals surface area contributed by atoms with E-state index in [4.69, 9.17) is 5.73 Å². The van der Waals surface area contributed by atoms with Crippen LogP contribution in [0.1, 0.15) is 24.4 Å². The van der Waals surface area contributed by atoms with Crippen LogP contribution in [0.25, 0.3) is 0 Å². The molecule has 0 bridgehead atoms. The standard InChI is InChI=1S/C11H15N5/c1-2-16-8-9(7-15-16)6-10(12)11-13-4-3-5-14-11/h3-5,7-8,10H,2,6,12H2,1H3. The first-order chi connectivity index (χ1) is 7.79. The number of hydrogen-bond donors (Lipinski definition) is 1. The van der Waals surface area contributed by atoms with E-state index >= 15 is 0 Å². The summed E-state index contributed by atoms with van der Waals surface area (Å²) in [6.45, 7) is 2.92. The second-order valence-corrected chi connectivity index (χ2v) is 3.62. The Morgan fingerprint density at radius 3 is 2.75 bits per heavy atom. The summed E-state index contributed by atoms with van der Waals surface area (Å²) in [6, 6.07) is 1.61. The highest BCUT2D eigenvalue weighted by Gasteiger charge is 2.10. The van der Waals surface area contributed by atoms with E-state index in [1.807, 2.05) is 17.1 Å². The fraction of sp³-hybridized carbons (Fsp3) is 0.364. The van der Waals surface area contributed by atoms with Gasteiger partial charge in [0.15, 0.2) is 0 Å². The molecule has 0 spiro atoms. The van der Waals surface area contributed by atoms with Crippen LogP contribution in [0.5, 0.6) is 0 Å². The molecule has 0 saturated carbocycles. The number of rotatable bonds is 4. The molecular weight excluding hydrogens is 202 g/mol. The van der Waals surface area contributed by atoms with E-state index in [2.05, 4.69) is 22.0 Å². The minimum Gasteiger partial charge on any atom is -0.321 e. The van der Waals surface area contributed by atoms with Gasteiger partial charge in [-0.3, -0.25) is 4.68 Å². The van der Waals surface area contributed by atoms with Crippen LogP contribution in [-0.2, 0) is 13.0 Å². The Hall–Kier alpha value is -1.75. The molecular formula is C11H15N5. The summed E-state index contributed by atoms with van der Waals surface area (Å²) >= 11 is 0. The molecule has 0 aliphatic carbocycles. The SMILES string of the molecule is CCn1cc(CC(N)c2ncccn2)cn1. The summed E-state index contributed by atoms with van der Waals surface area (Å²) in [5, 5.41) is 4.20. The lowest BCUT2D eigenvalue weighted by atomic mass is 10.1. The zero-order chi connectivity index (χ0) is 11.4. The van der Waals surface area contributed by atoms with Crippen molar-refractivity contribution in [1.82, 2.24) is 19.7 Å². The number of nitrogens with zero attached hydrogens (tertiary/aromatic N) is 4. The number of aromatic nitrogens is 4. The fourth-order valence-electron chi connectivity index (χ4n) is 1.53. The lowest BCUT2D eigenvalue weighted by molar-refractivity contribution is 0.651. The molecule has 0 saturated heterocycles. The zero-order valence-electron chi connectivity index (χ0n) is 9.24. The lowest BCUT2D eigenvalue weighted by Gasteiger charge is -2.07. The molecule has 0 radical (unpaired) electrons. The van der Waals surface area contributed by atoms with Crippen molar-refractivity contribution in [3.8, 4) is 0 Å². The molecule has 2 aromatic heterocycles. The van der Waals surface area contributed by atoms with Crippen LogP contribution in [0, 0.1) is 0 Å². The van der Waals surface area contributed by atoms with E-state index in [-0.39, 0.29) is 6.04 Å². The Balaban J connectivity index is 2.05. The molecule has 5 heteroatoms. The normalized spacial score (nSPS) is 12.6. The topological polar surface area (TPSA) is 69.6 Å². The molecule has 2 rings (SSSR count). The molecule has 1 unspecified atom stereocenters. The van der Waals surface area contributed by atoms with E-state index < -0.39 is 0 Å². The van der Waals surface area contributed by atoms with Crippen LogP contribution in [0.3, 0.4) is 0 Å². The maximum Gasteiger partial charge on any atom is 0.145 e. The molecule has 16 heavy (non-hydrogen) atoms. The van der Waals surface area contributed by atoms with Gasteiger partial charge in [0.25, 0.3) is 0 Å². The summed E-state index contributed by atoms with van der Waals surface area (Å²) in [4.78, 5) is 8.28. The molecule has 0 aromatic carbocycles. The van der Waals surface area contributed by atoms with Crippen LogP contribution in [0.4, 0.5) is 0 Å². The highest BCUT2D eigenvalue weighted by Crippen LogP contribution is 2.11. The van der Waals surface area contributed by atoms with Crippen molar-refractivity contribution in [1.29, 1.82) is 0 Å². The molecule has 84 valence electrons. The van der Waals surface area contributed by atoms with Crippen molar-refractivity contribution >= 4 is 0 Å². The van der Waals surface area contributed by atoms with Gasteiger partial charge in [0.05, 0.1) is 12.2 Å². The quantitative estimate of drug-likeness (QED) is 0.827. The third-order valence-corrected chi connectivity index (χ3v) is 2.38. The predicted octanol–water partition coefficient (Wildman–Crippen LogP) is 0.936. The highest BCUT2D eigenvalue weighted by atomic mass is 15.3. The van der Waals surface area contributed by atoms with Crippen LogP contribution in [0.15, 0.2) is 30.9 Å². The van der Waals surface area contributed by atoms with Gasteiger partial charge in [-0.25, -0.2) is 9.97 Å². The van der Waals surface area contributed by atoms with Gasteiger partial charge in [0, 0.05) is 25.1 Å². The van der Waals surface area contributed by atoms with Crippen molar-refractivity contribution in [3.63, 3.8) is 0 Å². The summed E-state index contributed by atoms with van der Waals surface area (Å²) in [6.07, 6.45) is 7.97. The average molecular weight is 217 g/mol. The Morgan fingerprint density at radius 1 is 1.38 bits per heavy atom. The smallest absolute Gasteiger partial charge is 0.145 e. The van der Waals surface area contributed by atoms with Crippen molar-refractivity contribution < 1.29 is 0 Å². The Bertz CT molecular complexity index is 437. The maximum atomic E-state index is 6.02. The third-order valence-electron chi connectivity index (χ3n) is 2.38. The van der Waals surface area contributed by atoms with Gasteiger partial charge in [0.2, 0.25) is 0 Å². The van der Waals surface area contributed by atoms with Crippen LogP contribution in [-0.4, -0.2) is 19.7 Å². The van der Waals surface area contributed by atoms with Crippen molar-refractivity contribution in [2.24, 2.45) is 5.73 Å². The first-order valence-electron chi connectivity index (χ1n) is 5.33. The summed E-state index contributed by atoms with van der Waals surface area (Å²) < 4.78 is 1.88. The minimum atomic E-state index is -0.171. The lowest BCUT2D eigenvalue weighted by Crippen LogP contribution is -2.16. The van der Waals surface area contributed by atoms with Gasteiger partial charge in [0.1, 0.15) is 5.82 Å². The summed E-state index contributed by atoms with van der Waals surface area (Å²) in [7, 11) is 0. The molecule has 2 N–H and O–H groups in total. The molecule has 2 heterocycles. The molecule has 0 aliphatic rings. The molecule has 2 aromatic rings. The van der Waals surface area contributed by atoms with Crippen LogP contribution >= 0.6 is 0 Å². The monoisotopic (exact) mass is 217 g/mol. The van der Waals surface area contributed by atoms with Gasteiger partial charge < -0.3 is 5.73 Å². The maximum absolute atomic E-state index is 6.02. The van der Waals surface area contributed by atoms with Crippen molar-refractivity contribution in [2.45, 2.75) is 25.9 Å². The van der Waals surface area contributed by atoms with E-state index in [0.717, 1.165) is 12.1 Å². The summed E-state index contributed by atoms with van der Waals surface area (Å²) in [5.41, 5.74) is 7.13. The van der Waals surface area contributed by atoms with Gasteiger partial charge in [-0.05, 0) is 25.0 Å². The Morgan fingerprint density at radius 2 is 2.12 bits per heavy atom. The van der Waals surface area contributed by atoms with E-state index in [9.17, 15) is 0 Å². The predicted molar refractivity (Wildman–Crippen MR) is 60.6 cm³/mol. The fourth-order valence-corrected chi connectivity index (χ4v) is 1.53. The Kier molecular flexibility index (Phi) is 3.26. The largest absolute Gasteiger partial charge is 0.321 e. The molecule has 5 nitrogen and oxygen atoms in total. The third kappa shape index (κ3) is 2.43. The molecule has 0 aliphatic heterocycles. The average Bonchev–Trinajstić information content (AvgIpc) is 2.78. The van der Waals surface area contributed by atoms with Gasteiger partial charge in [-0.1, -0.05) is 0 Å². The second-order valence-electron chi connectivity index (χ2n) is 3.62. The van der Waals surface area contributed by atoms with Gasteiger partial charge in [-0.2, -0.15) is 5.10 Å². The van der Waals surface area contributed by atoms with Gasteiger partial charge in [-0.15, -0.1) is 0 Å². The summed E-state index contributed by atoms with van der Waals surface area (Å²) in [5.74, 6) is 0.673. The van der Waals surface area contributed by atoms with Crippen LogP contribution in [0.2, 0.25) is 0 Å². The van der Waals surface area contributed by atoms with Crippen LogP contribution < -0.4 is 5.73 Å². The molecule has 1 atom stereocenters. The van der Waals surface area contributed by atoms with Crippen molar-refractivity contribution in [3.05, 3.63) is 42.2 Å². The zero-order valence-corrected chi connectivity index (χ0v) is 9.24. The van der Waals surface area contributed by atoms with E-state index in [1.54, 1.807) is 18.5 Å². The first-order valence-corrected chi connectivity index (χ1v) is 5.33. The van der Waals surface area contributed by atoms with Crippen molar-refractivity contribution in [2.75, 3.05) is 0 Å². The number of nitrogens with two attached hydrogens (primary N) is 1. The molecule has 0 fully saturated rings. The first kappa shape index (κ1) is 10.8. The van der Waals surface area contributed by atoms with Gasteiger partial charge >= 0.3 is 0 Å². The Labute approximate surface area is 94.3 Å². The number of hydrogen-bond acceptors (Lipinski definition) is 4. The number of aryl methyl sites for hydroxylation is 1. The second kappa shape index (κ2) is 4.85. The molecule has 0 amide bonds. The van der Waals surface area contributed by atoms with E-state index in [0.29, 0.717) is 12.2 Å².